The van der Waals surface area contributed by atoms with Gasteiger partial charge in [0.2, 0.25) is 0 Å². The van der Waals surface area contributed by atoms with E-state index in [1.165, 1.54) is 22.3 Å². The third-order valence-electron chi connectivity index (χ3n) is 4.01. The summed E-state index contributed by atoms with van der Waals surface area (Å²) in [5.41, 5.74) is 4.95. The average Bonchev–Trinajstić information content (AvgIpc) is 2.50. The van der Waals surface area contributed by atoms with Crippen LogP contribution in [-0.4, -0.2) is 30.6 Å². The molecular formula is C19H20N2O. The van der Waals surface area contributed by atoms with Gasteiger partial charge in [-0.05, 0) is 23.6 Å². The Kier molecular flexibility index (Phi) is 4.53. The SMILES string of the molecule is Cc1cccc(-c2ccc(COC3CN(CC#N)C3)cc2)c1. The molecule has 1 fully saturated rings. The molecule has 0 saturated carbocycles. The van der Waals surface area contributed by atoms with E-state index in [9.17, 15) is 0 Å². The molecule has 3 rings (SSSR count). The van der Waals surface area contributed by atoms with E-state index in [0.717, 1.165) is 13.1 Å². The monoisotopic (exact) mass is 292 g/mol. The van der Waals surface area contributed by atoms with Gasteiger partial charge in [-0.15, -0.1) is 0 Å². The number of hydrogen-bond donors (Lipinski definition) is 0. The fourth-order valence-corrected chi connectivity index (χ4v) is 2.69. The van der Waals surface area contributed by atoms with Gasteiger partial charge in [0, 0.05) is 13.1 Å². The minimum absolute atomic E-state index is 0.268. The van der Waals surface area contributed by atoms with Crippen LogP contribution in [0, 0.1) is 18.3 Å². The van der Waals surface area contributed by atoms with Crippen LogP contribution in [0.1, 0.15) is 11.1 Å². The summed E-state index contributed by atoms with van der Waals surface area (Å²) in [6, 6.07) is 19.2. The first-order valence-electron chi connectivity index (χ1n) is 7.61. The minimum Gasteiger partial charge on any atom is -0.371 e. The lowest BCUT2D eigenvalue weighted by Crippen LogP contribution is -2.51. The summed E-state index contributed by atoms with van der Waals surface area (Å²) in [5.74, 6) is 0. The molecule has 3 heteroatoms. The zero-order valence-corrected chi connectivity index (χ0v) is 12.8. The summed E-state index contributed by atoms with van der Waals surface area (Å²) >= 11 is 0. The molecular weight excluding hydrogens is 272 g/mol. The Morgan fingerprint density at radius 1 is 1.14 bits per heavy atom. The highest BCUT2D eigenvalue weighted by Gasteiger charge is 2.26. The molecule has 1 saturated heterocycles. The van der Waals surface area contributed by atoms with Gasteiger partial charge in [0.25, 0.3) is 0 Å². The molecule has 0 atom stereocenters. The van der Waals surface area contributed by atoms with E-state index < -0.39 is 0 Å². The van der Waals surface area contributed by atoms with Crippen molar-refractivity contribution >= 4 is 0 Å². The van der Waals surface area contributed by atoms with Crippen LogP contribution in [0.15, 0.2) is 48.5 Å². The molecule has 2 aromatic rings. The van der Waals surface area contributed by atoms with Crippen molar-refractivity contribution in [2.24, 2.45) is 0 Å². The second-order valence-corrected chi connectivity index (χ2v) is 5.85. The number of hydrogen-bond acceptors (Lipinski definition) is 3. The van der Waals surface area contributed by atoms with Crippen molar-refractivity contribution in [3.8, 4) is 17.2 Å². The lowest BCUT2D eigenvalue weighted by molar-refractivity contribution is -0.0572. The molecule has 0 aliphatic carbocycles. The molecule has 0 radical (unpaired) electrons. The van der Waals surface area contributed by atoms with E-state index >= 15 is 0 Å². The normalized spacial score (nSPS) is 15.3. The molecule has 0 bridgehead atoms. The lowest BCUT2D eigenvalue weighted by Gasteiger charge is -2.37. The molecule has 2 aromatic carbocycles. The maximum absolute atomic E-state index is 8.60. The van der Waals surface area contributed by atoms with Crippen LogP contribution in [0.2, 0.25) is 0 Å². The summed E-state index contributed by atoms with van der Waals surface area (Å²) in [4.78, 5) is 2.09. The number of aryl methyl sites for hydroxylation is 1. The molecule has 1 heterocycles. The van der Waals surface area contributed by atoms with Crippen molar-refractivity contribution in [1.29, 1.82) is 5.26 Å². The predicted molar refractivity (Wildman–Crippen MR) is 87.2 cm³/mol. The van der Waals surface area contributed by atoms with Gasteiger partial charge >= 0.3 is 0 Å². The molecule has 112 valence electrons. The van der Waals surface area contributed by atoms with E-state index in [-0.39, 0.29) is 6.10 Å². The largest absolute Gasteiger partial charge is 0.371 e. The van der Waals surface area contributed by atoms with E-state index in [4.69, 9.17) is 10.00 Å². The van der Waals surface area contributed by atoms with Gasteiger partial charge in [0.15, 0.2) is 0 Å². The highest BCUT2D eigenvalue weighted by molar-refractivity contribution is 5.64. The first kappa shape index (κ1) is 14.8. The quantitative estimate of drug-likeness (QED) is 0.793. The van der Waals surface area contributed by atoms with Gasteiger partial charge in [0.1, 0.15) is 0 Å². The van der Waals surface area contributed by atoms with Gasteiger partial charge < -0.3 is 4.74 Å². The number of ether oxygens (including phenoxy) is 1. The number of nitrogens with zero attached hydrogens (tertiary/aromatic N) is 2. The number of nitriles is 1. The Hall–Kier alpha value is -2.15. The van der Waals surface area contributed by atoms with E-state index in [1.54, 1.807) is 0 Å². The van der Waals surface area contributed by atoms with Crippen LogP contribution in [-0.2, 0) is 11.3 Å². The molecule has 0 N–H and O–H groups in total. The third kappa shape index (κ3) is 3.54. The number of benzene rings is 2. The van der Waals surface area contributed by atoms with Crippen LogP contribution in [0.5, 0.6) is 0 Å². The number of likely N-dealkylation sites (tertiary alicyclic amines) is 1. The third-order valence-corrected chi connectivity index (χ3v) is 4.01. The van der Waals surface area contributed by atoms with Crippen molar-refractivity contribution in [3.05, 3.63) is 59.7 Å². The maximum Gasteiger partial charge on any atom is 0.0867 e. The van der Waals surface area contributed by atoms with Crippen molar-refractivity contribution < 1.29 is 4.74 Å². The van der Waals surface area contributed by atoms with Crippen molar-refractivity contribution in [3.63, 3.8) is 0 Å². The van der Waals surface area contributed by atoms with Crippen molar-refractivity contribution in [1.82, 2.24) is 4.90 Å². The second-order valence-electron chi connectivity index (χ2n) is 5.85. The highest BCUT2D eigenvalue weighted by atomic mass is 16.5. The molecule has 0 spiro atoms. The molecule has 0 unspecified atom stereocenters. The van der Waals surface area contributed by atoms with E-state index in [1.807, 2.05) is 0 Å². The van der Waals surface area contributed by atoms with E-state index in [2.05, 4.69) is 66.4 Å². The zero-order chi connectivity index (χ0) is 15.4. The van der Waals surface area contributed by atoms with Crippen molar-refractivity contribution in [2.75, 3.05) is 19.6 Å². The van der Waals surface area contributed by atoms with Gasteiger partial charge in [0.05, 0.1) is 25.3 Å². The number of rotatable bonds is 5. The predicted octanol–water partition coefficient (Wildman–Crippen LogP) is 3.39. The van der Waals surface area contributed by atoms with Gasteiger partial charge in [-0.1, -0.05) is 54.1 Å². The Bertz CT molecular complexity index is 667. The molecule has 1 aliphatic heterocycles. The lowest BCUT2D eigenvalue weighted by atomic mass is 10.0. The summed E-state index contributed by atoms with van der Waals surface area (Å²) < 4.78 is 5.85. The van der Waals surface area contributed by atoms with Crippen LogP contribution in [0.25, 0.3) is 11.1 Å². The summed E-state index contributed by atoms with van der Waals surface area (Å²) in [6.45, 7) is 4.99. The van der Waals surface area contributed by atoms with E-state index in [0.29, 0.717) is 13.2 Å². The van der Waals surface area contributed by atoms with Crippen LogP contribution in [0.3, 0.4) is 0 Å². The standard InChI is InChI=1S/C19H20N2O/c1-15-3-2-4-18(11-15)17-7-5-16(6-8-17)14-22-19-12-21(13-19)10-9-20/h2-8,11,19H,10,12-14H2,1H3. The smallest absolute Gasteiger partial charge is 0.0867 e. The average molecular weight is 292 g/mol. The first-order chi connectivity index (χ1) is 10.7. The first-order valence-corrected chi connectivity index (χ1v) is 7.61. The van der Waals surface area contributed by atoms with Gasteiger partial charge in [-0.25, -0.2) is 0 Å². The second kappa shape index (κ2) is 6.74. The van der Waals surface area contributed by atoms with Gasteiger partial charge in [-0.3, -0.25) is 4.90 Å². The fourth-order valence-electron chi connectivity index (χ4n) is 2.69. The van der Waals surface area contributed by atoms with Crippen LogP contribution in [0.4, 0.5) is 0 Å². The highest BCUT2D eigenvalue weighted by Crippen LogP contribution is 2.21. The zero-order valence-electron chi connectivity index (χ0n) is 12.8. The fraction of sp³-hybridized carbons (Fsp3) is 0.316. The Morgan fingerprint density at radius 3 is 2.59 bits per heavy atom. The van der Waals surface area contributed by atoms with Crippen LogP contribution < -0.4 is 0 Å². The summed E-state index contributed by atoms with van der Waals surface area (Å²) in [7, 11) is 0. The summed E-state index contributed by atoms with van der Waals surface area (Å²) in [5, 5.41) is 8.60. The molecule has 22 heavy (non-hydrogen) atoms. The van der Waals surface area contributed by atoms with Crippen LogP contribution >= 0.6 is 0 Å². The Balaban J connectivity index is 1.53. The molecule has 3 nitrogen and oxygen atoms in total. The topological polar surface area (TPSA) is 36.3 Å². The molecule has 1 aliphatic rings. The molecule has 0 amide bonds. The Labute approximate surface area is 131 Å². The van der Waals surface area contributed by atoms with Gasteiger partial charge in [-0.2, -0.15) is 5.26 Å². The molecule has 0 aromatic heterocycles. The van der Waals surface area contributed by atoms with Crippen molar-refractivity contribution in [2.45, 2.75) is 19.6 Å². The maximum atomic E-state index is 8.60. The Morgan fingerprint density at radius 2 is 1.91 bits per heavy atom. The summed E-state index contributed by atoms with van der Waals surface area (Å²) in [6.07, 6.45) is 0.268. The minimum atomic E-state index is 0.268.